The van der Waals surface area contributed by atoms with Crippen molar-refractivity contribution in [3.8, 4) is 22.8 Å². The van der Waals surface area contributed by atoms with Crippen LogP contribution in [-0.2, 0) is 6.42 Å². The van der Waals surface area contributed by atoms with Crippen LogP contribution >= 0.6 is 0 Å². The molecule has 0 aliphatic carbocycles. The maximum atomic E-state index is 13.1. The fourth-order valence-corrected chi connectivity index (χ4v) is 2.50. The van der Waals surface area contributed by atoms with Crippen LogP contribution in [0.4, 0.5) is 8.78 Å². The van der Waals surface area contributed by atoms with Crippen LogP contribution in [0.15, 0.2) is 48.7 Å². The van der Waals surface area contributed by atoms with Crippen LogP contribution in [-0.4, -0.2) is 33.6 Å². The van der Waals surface area contributed by atoms with Crippen molar-refractivity contribution in [3.63, 3.8) is 0 Å². The molecule has 5 nitrogen and oxygen atoms in total. The van der Waals surface area contributed by atoms with Gasteiger partial charge in [0, 0.05) is 18.2 Å². The molecule has 0 aliphatic heterocycles. The van der Waals surface area contributed by atoms with Crippen molar-refractivity contribution in [1.82, 2.24) is 14.8 Å². The number of hydrogen-bond acceptors (Lipinski definition) is 4. The van der Waals surface area contributed by atoms with E-state index in [0.29, 0.717) is 23.7 Å². The summed E-state index contributed by atoms with van der Waals surface area (Å²) < 4.78 is 32.7. The number of nitrogens with zero attached hydrogens (tertiary/aromatic N) is 3. The predicted octanol–water partition coefficient (Wildman–Crippen LogP) is 3.42. The minimum atomic E-state index is -2.67. The zero-order chi connectivity index (χ0) is 17.8. The molecule has 7 heteroatoms. The smallest absolute Gasteiger partial charge is 0.282 e. The van der Waals surface area contributed by atoms with Crippen molar-refractivity contribution < 1.29 is 18.6 Å². The van der Waals surface area contributed by atoms with Gasteiger partial charge in [0.25, 0.3) is 6.43 Å². The van der Waals surface area contributed by atoms with Crippen molar-refractivity contribution in [3.05, 3.63) is 59.9 Å². The summed E-state index contributed by atoms with van der Waals surface area (Å²) in [6.07, 6.45) is -0.602. The zero-order valence-electron chi connectivity index (χ0n) is 13.6. The van der Waals surface area contributed by atoms with Gasteiger partial charge in [-0.2, -0.15) is 5.10 Å². The molecule has 0 saturated carbocycles. The third kappa shape index (κ3) is 3.66. The Morgan fingerprint density at radius 1 is 1.16 bits per heavy atom. The molecule has 0 fully saturated rings. The molecule has 0 radical (unpaired) electrons. The second-order valence-electron chi connectivity index (χ2n) is 5.40. The number of methoxy groups -OCH3 is 1. The van der Waals surface area contributed by atoms with Crippen LogP contribution in [0.1, 0.15) is 17.7 Å². The van der Waals surface area contributed by atoms with E-state index in [1.54, 1.807) is 12.1 Å². The Morgan fingerprint density at radius 3 is 2.48 bits per heavy atom. The van der Waals surface area contributed by atoms with Crippen LogP contribution in [0, 0.1) is 0 Å². The van der Waals surface area contributed by atoms with Gasteiger partial charge in [0.15, 0.2) is 0 Å². The number of halogens is 2. The minimum Gasteiger partial charge on any atom is -0.481 e. The lowest BCUT2D eigenvalue weighted by atomic mass is 10.1. The summed E-state index contributed by atoms with van der Waals surface area (Å²) in [5.41, 5.74) is 2.51. The van der Waals surface area contributed by atoms with E-state index >= 15 is 0 Å². The predicted molar refractivity (Wildman–Crippen MR) is 89.1 cm³/mol. The maximum absolute atomic E-state index is 13.1. The van der Waals surface area contributed by atoms with Crippen LogP contribution in [0.5, 0.6) is 5.88 Å². The van der Waals surface area contributed by atoms with Gasteiger partial charge in [-0.1, -0.05) is 24.3 Å². The number of aliphatic hydroxyl groups excluding tert-OH is 1. The first-order chi connectivity index (χ1) is 12.1. The Bertz CT molecular complexity index is 831. The summed E-state index contributed by atoms with van der Waals surface area (Å²) in [7, 11) is 1.50. The van der Waals surface area contributed by atoms with Crippen LogP contribution in [0.25, 0.3) is 16.9 Å². The van der Waals surface area contributed by atoms with E-state index in [1.165, 1.54) is 24.1 Å². The second kappa shape index (κ2) is 7.40. The minimum absolute atomic E-state index is 0.0598. The molecule has 0 aliphatic rings. The summed E-state index contributed by atoms with van der Waals surface area (Å²) in [6, 6.07) is 12.1. The number of aromatic nitrogens is 3. The molecule has 130 valence electrons. The molecule has 1 N–H and O–H groups in total. The molecule has 0 bridgehead atoms. The number of rotatable bonds is 6. The number of ether oxygens (including phenoxy) is 1. The number of benzene rings is 1. The van der Waals surface area contributed by atoms with Crippen molar-refractivity contribution in [2.45, 2.75) is 12.8 Å². The van der Waals surface area contributed by atoms with Crippen LogP contribution in [0.2, 0.25) is 0 Å². The van der Waals surface area contributed by atoms with E-state index in [4.69, 9.17) is 9.84 Å². The van der Waals surface area contributed by atoms with Crippen LogP contribution < -0.4 is 4.74 Å². The van der Waals surface area contributed by atoms with E-state index in [0.717, 1.165) is 11.1 Å². The number of aliphatic hydroxyl groups is 1. The van der Waals surface area contributed by atoms with Gasteiger partial charge in [-0.05, 0) is 24.1 Å². The van der Waals surface area contributed by atoms with Gasteiger partial charge < -0.3 is 9.84 Å². The van der Waals surface area contributed by atoms with E-state index in [1.807, 2.05) is 24.3 Å². The Balaban J connectivity index is 2.04. The first kappa shape index (κ1) is 17.0. The quantitative estimate of drug-likeness (QED) is 0.744. The van der Waals surface area contributed by atoms with Gasteiger partial charge in [-0.3, -0.25) is 0 Å². The fourth-order valence-electron chi connectivity index (χ4n) is 2.50. The Morgan fingerprint density at radius 2 is 1.92 bits per heavy atom. The topological polar surface area (TPSA) is 60.2 Å². The SMILES string of the molecule is COc1ccc(-n2nc(C(F)F)cc2-c2ccc(CCO)cc2)cn1. The van der Waals surface area contributed by atoms with Crippen molar-refractivity contribution in [2.75, 3.05) is 13.7 Å². The average Bonchev–Trinajstić information content (AvgIpc) is 3.08. The molecule has 0 unspecified atom stereocenters. The lowest BCUT2D eigenvalue weighted by Crippen LogP contribution is -2.01. The monoisotopic (exact) mass is 345 g/mol. The van der Waals surface area contributed by atoms with E-state index in [-0.39, 0.29) is 12.3 Å². The number of alkyl halides is 2. The summed E-state index contributed by atoms with van der Waals surface area (Å²) in [4.78, 5) is 4.10. The third-order valence-electron chi connectivity index (χ3n) is 3.78. The molecule has 0 spiro atoms. The second-order valence-corrected chi connectivity index (χ2v) is 5.40. The molecular weight excluding hydrogens is 328 g/mol. The molecule has 2 heterocycles. The molecule has 3 rings (SSSR count). The highest BCUT2D eigenvalue weighted by atomic mass is 19.3. The molecule has 0 amide bonds. The van der Waals surface area contributed by atoms with E-state index < -0.39 is 6.43 Å². The largest absolute Gasteiger partial charge is 0.481 e. The molecule has 25 heavy (non-hydrogen) atoms. The van der Waals surface area contributed by atoms with Gasteiger partial charge >= 0.3 is 0 Å². The van der Waals surface area contributed by atoms with Gasteiger partial charge in [0.05, 0.1) is 24.7 Å². The third-order valence-corrected chi connectivity index (χ3v) is 3.78. The number of pyridine rings is 1. The molecule has 2 aromatic heterocycles. The van der Waals surface area contributed by atoms with Crippen molar-refractivity contribution in [2.24, 2.45) is 0 Å². The standard InChI is InChI=1S/C18H17F2N3O2/c1-25-17-7-6-14(11-21-17)23-16(10-15(22-23)18(19)20)13-4-2-12(3-5-13)8-9-24/h2-7,10-11,18,24H,8-9H2,1H3. The Kier molecular flexibility index (Phi) is 5.04. The van der Waals surface area contributed by atoms with Gasteiger partial charge in [-0.25, -0.2) is 18.4 Å². The highest BCUT2D eigenvalue weighted by molar-refractivity contribution is 5.63. The van der Waals surface area contributed by atoms with Crippen molar-refractivity contribution >= 4 is 0 Å². The van der Waals surface area contributed by atoms with Crippen molar-refractivity contribution in [1.29, 1.82) is 0 Å². The first-order valence-corrected chi connectivity index (χ1v) is 7.71. The van der Waals surface area contributed by atoms with E-state index in [9.17, 15) is 8.78 Å². The Labute approximate surface area is 143 Å². The normalized spacial score (nSPS) is 11.1. The summed E-state index contributed by atoms with van der Waals surface area (Å²) in [5.74, 6) is 0.430. The molecule has 1 aromatic carbocycles. The van der Waals surface area contributed by atoms with Crippen LogP contribution in [0.3, 0.4) is 0 Å². The first-order valence-electron chi connectivity index (χ1n) is 7.71. The highest BCUT2D eigenvalue weighted by Crippen LogP contribution is 2.28. The van der Waals surface area contributed by atoms with Gasteiger partial charge in [0.1, 0.15) is 5.69 Å². The van der Waals surface area contributed by atoms with E-state index in [2.05, 4.69) is 10.1 Å². The lowest BCUT2D eigenvalue weighted by molar-refractivity contribution is 0.145. The average molecular weight is 345 g/mol. The highest BCUT2D eigenvalue weighted by Gasteiger charge is 2.18. The van der Waals surface area contributed by atoms with Gasteiger partial charge in [0.2, 0.25) is 5.88 Å². The molecular formula is C18H17F2N3O2. The summed E-state index contributed by atoms with van der Waals surface area (Å²) in [6.45, 7) is 0.0598. The maximum Gasteiger partial charge on any atom is 0.282 e. The molecule has 0 atom stereocenters. The fraction of sp³-hybridized carbons (Fsp3) is 0.222. The lowest BCUT2D eigenvalue weighted by Gasteiger charge is -2.08. The summed E-state index contributed by atoms with van der Waals surface area (Å²) >= 11 is 0. The molecule has 0 saturated heterocycles. The Hall–Kier alpha value is -2.80. The summed E-state index contributed by atoms with van der Waals surface area (Å²) in [5, 5.41) is 13.0. The van der Waals surface area contributed by atoms with Gasteiger partial charge in [-0.15, -0.1) is 0 Å². The molecule has 3 aromatic rings. The number of hydrogen-bond donors (Lipinski definition) is 1. The zero-order valence-corrected chi connectivity index (χ0v) is 13.6.